The zero-order valence-corrected chi connectivity index (χ0v) is 15.5. The zero-order chi connectivity index (χ0) is 19.8. The van der Waals surface area contributed by atoms with E-state index in [-0.39, 0.29) is 16.1 Å². The molecule has 3 aromatic rings. The van der Waals surface area contributed by atoms with Gasteiger partial charge in [0, 0.05) is 12.6 Å². The molecule has 0 saturated heterocycles. The summed E-state index contributed by atoms with van der Waals surface area (Å²) in [7, 11) is -2.35. The van der Waals surface area contributed by atoms with E-state index in [1.807, 2.05) is 6.07 Å². The normalized spacial score (nSPS) is 11.3. The van der Waals surface area contributed by atoms with Crippen LogP contribution >= 0.6 is 0 Å². The minimum Gasteiger partial charge on any atom is -0.366 e. The molecule has 0 spiro atoms. The second-order valence-electron chi connectivity index (χ2n) is 5.93. The van der Waals surface area contributed by atoms with E-state index in [9.17, 15) is 18.0 Å². The minimum absolute atomic E-state index is 0.0414. The quantitative estimate of drug-likeness (QED) is 0.689. The van der Waals surface area contributed by atoms with Gasteiger partial charge >= 0.3 is 0 Å². The van der Waals surface area contributed by atoms with Crippen LogP contribution in [0.4, 0.5) is 5.69 Å². The lowest BCUT2D eigenvalue weighted by molar-refractivity contribution is 0.1000. The third-order valence-electron chi connectivity index (χ3n) is 4.24. The Balaban J connectivity index is 2.03. The van der Waals surface area contributed by atoms with Crippen LogP contribution in [-0.4, -0.2) is 23.7 Å². The number of hydrogen-bond acceptors (Lipinski definition) is 4. The maximum Gasteiger partial charge on any atom is 0.296 e. The van der Waals surface area contributed by atoms with Gasteiger partial charge in [-0.25, -0.2) is 13.1 Å². The lowest BCUT2D eigenvalue weighted by Gasteiger charge is -2.07. The summed E-state index contributed by atoms with van der Waals surface area (Å²) in [4.78, 5) is 23.9. The molecule has 27 heavy (non-hydrogen) atoms. The number of carbonyl (C=O) groups excluding carboxylic acids is 1. The number of benzene rings is 2. The first-order chi connectivity index (χ1) is 12.7. The standard InChI is InChI=1S/C18H18N4O4S/c1-12-16(18(24)22(21(12)2)14-6-4-3-5-7-14)20-27(25,26)15-10-8-13(9-11-15)17(19)23/h3-11,20H,1-2H3,(H2,19,23). The minimum atomic E-state index is -4.02. The molecule has 1 aromatic heterocycles. The van der Waals surface area contributed by atoms with Gasteiger partial charge in [-0.15, -0.1) is 0 Å². The fourth-order valence-corrected chi connectivity index (χ4v) is 3.79. The van der Waals surface area contributed by atoms with E-state index >= 15 is 0 Å². The molecule has 0 aliphatic rings. The lowest BCUT2D eigenvalue weighted by atomic mass is 10.2. The van der Waals surface area contributed by atoms with Gasteiger partial charge in [0.15, 0.2) is 0 Å². The van der Waals surface area contributed by atoms with Gasteiger partial charge in [0.25, 0.3) is 15.6 Å². The maximum absolute atomic E-state index is 12.8. The molecule has 0 unspecified atom stereocenters. The average molecular weight is 386 g/mol. The number of carbonyl (C=O) groups is 1. The molecule has 9 heteroatoms. The Morgan fingerprint density at radius 3 is 2.19 bits per heavy atom. The second kappa shape index (κ2) is 6.76. The molecule has 0 fully saturated rings. The lowest BCUT2D eigenvalue weighted by Crippen LogP contribution is -2.23. The number of nitrogens with zero attached hydrogens (tertiary/aromatic N) is 2. The van der Waals surface area contributed by atoms with E-state index in [1.54, 1.807) is 42.9 Å². The summed E-state index contributed by atoms with van der Waals surface area (Å²) in [6.07, 6.45) is 0. The monoisotopic (exact) mass is 386 g/mol. The Hall–Kier alpha value is -3.33. The number of aromatic nitrogens is 2. The van der Waals surface area contributed by atoms with Crippen molar-refractivity contribution in [3.05, 3.63) is 76.2 Å². The Labute approximate surface area is 155 Å². The van der Waals surface area contributed by atoms with Crippen molar-refractivity contribution in [2.75, 3.05) is 4.72 Å². The first kappa shape index (κ1) is 18.5. The molecule has 2 aromatic carbocycles. The van der Waals surface area contributed by atoms with Crippen molar-refractivity contribution in [1.82, 2.24) is 9.36 Å². The number of anilines is 1. The molecule has 3 rings (SSSR count). The highest BCUT2D eigenvalue weighted by molar-refractivity contribution is 7.92. The van der Waals surface area contributed by atoms with Crippen LogP contribution in [-0.2, 0) is 17.1 Å². The number of nitrogens with two attached hydrogens (primary N) is 1. The highest BCUT2D eigenvalue weighted by Crippen LogP contribution is 2.19. The number of hydrogen-bond donors (Lipinski definition) is 2. The van der Waals surface area contributed by atoms with E-state index in [1.165, 1.54) is 28.9 Å². The second-order valence-corrected chi connectivity index (χ2v) is 7.61. The van der Waals surface area contributed by atoms with Crippen molar-refractivity contribution >= 4 is 21.6 Å². The van der Waals surface area contributed by atoms with Gasteiger partial charge in [-0.3, -0.25) is 19.0 Å². The molecule has 0 saturated carbocycles. The van der Waals surface area contributed by atoms with Crippen molar-refractivity contribution in [3.8, 4) is 5.69 Å². The third kappa shape index (κ3) is 3.36. The summed E-state index contributed by atoms with van der Waals surface area (Å²) >= 11 is 0. The summed E-state index contributed by atoms with van der Waals surface area (Å²) in [5.74, 6) is -0.656. The highest BCUT2D eigenvalue weighted by atomic mass is 32.2. The van der Waals surface area contributed by atoms with E-state index in [0.717, 1.165) is 0 Å². The van der Waals surface area contributed by atoms with Gasteiger partial charge in [0.1, 0.15) is 5.69 Å². The Morgan fingerprint density at radius 1 is 1.04 bits per heavy atom. The Bertz CT molecular complexity index is 1160. The van der Waals surface area contributed by atoms with Crippen molar-refractivity contribution in [2.24, 2.45) is 12.8 Å². The van der Waals surface area contributed by atoms with Crippen molar-refractivity contribution in [1.29, 1.82) is 0 Å². The number of sulfonamides is 1. The molecule has 1 heterocycles. The zero-order valence-electron chi connectivity index (χ0n) is 14.7. The summed E-state index contributed by atoms with van der Waals surface area (Å²) < 4.78 is 30.6. The van der Waals surface area contributed by atoms with Crippen LogP contribution < -0.4 is 16.0 Å². The summed E-state index contributed by atoms with van der Waals surface area (Å²) in [6.45, 7) is 1.65. The average Bonchev–Trinajstić information content (AvgIpc) is 2.85. The molecule has 0 aliphatic carbocycles. The third-order valence-corrected chi connectivity index (χ3v) is 5.61. The molecular weight excluding hydrogens is 368 g/mol. The molecule has 0 aliphatic heterocycles. The first-order valence-corrected chi connectivity index (χ1v) is 9.47. The number of amides is 1. The molecular formula is C18H18N4O4S. The molecule has 1 amide bonds. The largest absolute Gasteiger partial charge is 0.366 e. The summed E-state index contributed by atoms with van der Waals surface area (Å²) in [5, 5.41) is 0. The van der Waals surface area contributed by atoms with Crippen LogP contribution in [0.25, 0.3) is 5.69 Å². The molecule has 140 valence electrons. The molecule has 0 radical (unpaired) electrons. The summed E-state index contributed by atoms with van der Waals surface area (Å²) in [5.41, 5.74) is 5.90. The van der Waals surface area contributed by atoms with Crippen LogP contribution in [0.2, 0.25) is 0 Å². The molecule has 8 nitrogen and oxygen atoms in total. The van der Waals surface area contributed by atoms with Crippen LogP contribution in [0.1, 0.15) is 16.1 Å². The van der Waals surface area contributed by atoms with Crippen LogP contribution in [0, 0.1) is 6.92 Å². The number of para-hydroxylation sites is 1. The molecule has 0 atom stereocenters. The Morgan fingerprint density at radius 2 is 1.63 bits per heavy atom. The molecule has 3 N–H and O–H groups in total. The highest BCUT2D eigenvalue weighted by Gasteiger charge is 2.22. The van der Waals surface area contributed by atoms with Gasteiger partial charge < -0.3 is 5.73 Å². The van der Waals surface area contributed by atoms with Crippen LogP contribution in [0.15, 0.2) is 64.3 Å². The van der Waals surface area contributed by atoms with Gasteiger partial charge in [-0.05, 0) is 43.3 Å². The fraction of sp³-hybridized carbons (Fsp3) is 0.111. The Kier molecular flexibility index (Phi) is 4.63. The smallest absolute Gasteiger partial charge is 0.296 e. The predicted octanol–water partition coefficient (Wildman–Crippen LogP) is 1.38. The van der Waals surface area contributed by atoms with Gasteiger partial charge in [-0.2, -0.15) is 0 Å². The number of primary amides is 1. The van der Waals surface area contributed by atoms with Crippen LogP contribution in [0.5, 0.6) is 0 Å². The topological polar surface area (TPSA) is 116 Å². The van der Waals surface area contributed by atoms with E-state index in [0.29, 0.717) is 11.4 Å². The van der Waals surface area contributed by atoms with E-state index < -0.39 is 21.5 Å². The van der Waals surface area contributed by atoms with E-state index in [4.69, 9.17) is 5.73 Å². The SMILES string of the molecule is Cc1c(NS(=O)(=O)c2ccc(C(N)=O)cc2)c(=O)n(-c2ccccc2)n1C. The maximum atomic E-state index is 12.8. The van der Waals surface area contributed by atoms with Crippen molar-refractivity contribution in [2.45, 2.75) is 11.8 Å². The van der Waals surface area contributed by atoms with Crippen molar-refractivity contribution in [3.63, 3.8) is 0 Å². The predicted molar refractivity (Wildman–Crippen MR) is 102 cm³/mol. The number of nitrogens with one attached hydrogen (secondary N) is 1. The fourth-order valence-electron chi connectivity index (χ4n) is 2.68. The van der Waals surface area contributed by atoms with Gasteiger partial charge in [0.05, 0.1) is 16.3 Å². The van der Waals surface area contributed by atoms with E-state index in [2.05, 4.69) is 4.72 Å². The summed E-state index contributed by atoms with van der Waals surface area (Å²) in [6, 6.07) is 14.1. The number of rotatable bonds is 5. The first-order valence-electron chi connectivity index (χ1n) is 7.99. The van der Waals surface area contributed by atoms with Gasteiger partial charge in [-0.1, -0.05) is 18.2 Å². The molecule has 0 bridgehead atoms. The van der Waals surface area contributed by atoms with Crippen molar-refractivity contribution < 1.29 is 13.2 Å². The van der Waals surface area contributed by atoms with Gasteiger partial charge in [0.2, 0.25) is 5.91 Å². The van der Waals surface area contributed by atoms with Crippen LogP contribution in [0.3, 0.4) is 0 Å².